The lowest BCUT2D eigenvalue weighted by molar-refractivity contribution is -0.303. The highest BCUT2D eigenvalue weighted by molar-refractivity contribution is 6.30. The van der Waals surface area contributed by atoms with Crippen LogP contribution in [0, 0.1) is 5.92 Å². The first-order valence-electron chi connectivity index (χ1n) is 8.43. The fourth-order valence-electron chi connectivity index (χ4n) is 2.67. The van der Waals surface area contributed by atoms with E-state index >= 15 is 0 Å². The number of carbonyl (C=O) groups is 3. The zero-order chi connectivity index (χ0) is 21.3. The Morgan fingerprint density at radius 2 is 1.61 bits per heavy atom. The summed E-state index contributed by atoms with van der Waals surface area (Å²) in [6.45, 7) is 9.01. The van der Waals surface area contributed by atoms with Crippen molar-refractivity contribution in [2.45, 2.75) is 19.8 Å². The predicted octanol–water partition coefficient (Wildman–Crippen LogP) is 2.72. The summed E-state index contributed by atoms with van der Waals surface area (Å²) >= 11 is 5.92. The van der Waals surface area contributed by atoms with Crippen LogP contribution in [0.4, 0.5) is 0 Å². The first-order valence-corrected chi connectivity index (χ1v) is 8.81. The molecule has 0 saturated heterocycles. The molecule has 0 N–H and O–H groups in total. The fraction of sp³-hybridized carbons (Fsp3) is 0.286. The first-order chi connectivity index (χ1) is 13.2. The molecule has 1 aromatic carbocycles. The maximum atomic E-state index is 12.6. The van der Waals surface area contributed by atoms with Crippen LogP contribution in [0.2, 0.25) is 5.02 Å². The second-order valence-electron chi connectivity index (χ2n) is 5.89. The number of hydrogen-bond donors (Lipinski definition) is 0. The summed E-state index contributed by atoms with van der Waals surface area (Å²) in [5.41, 5.74) is 0.0424. The number of carbonyl (C=O) groups excluding carboxylic acids is 3. The van der Waals surface area contributed by atoms with E-state index < -0.39 is 35.3 Å². The monoisotopic (exact) mass is 405 g/mol. The average molecular weight is 406 g/mol. The number of esters is 2. The lowest BCUT2D eigenvalue weighted by Gasteiger charge is -2.29. The molecule has 0 aliphatic rings. The molecule has 0 fully saturated rings. The minimum atomic E-state index is -1.42. The molecular formula is C21H22ClO6-. The Labute approximate surface area is 169 Å². The minimum Gasteiger partial charge on any atom is -0.875 e. The van der Waals surface area contributed by atoms with E-state index in [1.54, 1.807) is 0 Å². The van der Waals surface area contributed by atoms with Crippen LogP contribution in [0.5, 0.6) is 0 Å². The van der Waals surface area contributed by atoms with Gasteiger partial charge in [-0.3, -0.25) is 9.59 Å². The van der Waals surface area contributed by atoms with Crippen molar-refractivity contribution in [3.63, 3.8) is 0 Å². The first kappa shape index (κ1) is 23.2. The van der Waals surface area contributed by atoms with Crippen LogP contribution < -0.4 is 5.11 Å². The van der Waals surface area contributed by atoms with Gasteiger partial charge in [0.15, 0.2) is 0 Å². The van der Waals surface area contributed by atoms with Gasteiger partial charge < -0.3 is 14.6 Å². The third-order valence-corrected chi connectivity index (χ3v) is 4.09. The molecule has 0 radical (unpaired) electrons. The largest absolute Gasteiger partial charge is 0.875 e. The molecule has 28 heavy (non-hydrogen) atoms. The molecule has 0 aliphatic heterocycles. The van der Waals surface area contributed by atoms with E-state index in [0.717, 1.165) is 0 Å². The van der Waals surface area contributed by atoms with Crippen molar-refractivity contribution >= 4 is 29.3 Å². The summed E-state index contributed by atoms with van der Waals surface area (Å²) in [6, 6.07) is 6.13. The summed E-state index contributed by atoms with van der Waals surface area (Å²) in [6.07, 6.45) is 2.69. The van der Waals surface area contributed by atoms with Gasteiger partial charge in [0.1, 0.15) is 24.9 Å². The molecule has 0 aromatic heterocycles. The van der Waals surface area contributed by atoms with Crippen LogP contribution in [-0.4, -0.2) is 30.9 Å². The Morgan fingerprint density at radius 3 is 2.07 bits per heavy atom. The molecular weight excluding hydrogens is 384 g/mol. The van der Waals surface area contributed by atoms with Crippen LogP contribution in [-0.2, 0) is 23.9 Å². The number of allylic oxidation sites excluding steroid dienone is 1. The van der Waals surface area contributed by atoms with E-state index in [2.05, 4.69) is 13.2 Å². The number of hydrogen-bond acceptors (Lipinski definition) is 6. The highest BCUT2D eigenvalue weighted by atomic mass is 35.5. The van der Waals surface area contributed by atoms with Crippen molar-refractivity contribution in [3.8, 4) is 0 Å². The Kier molecular flexibility index (Phi) is 9.18. The van der Waals surface area contributed by atoms with Gasteiger partial charge in [-0.25, -0.2) is 4.79 Å². The average Bonchev–Trinajstić information content (AvgIpc) is 2.64. The van der Waals surface area contributed by atoms with Crippen molar-refractivity contribution in [1.82, 2.24) is 0 Å². The fourth-order valence-corrected chi connectivity index (χ4v) is 2.79. The molecule has 0 spiro atoms. The minimum absolute atomic E-state index is 0.119. The standard InChI is InChI=1S/C21H23ClO6/c1-5-11-27-20(25)17(13(3)23)19(15-7-9-16(22)10-8-15)18(14(4)24)21(26)28-12-6-2/h5-10,17,19,24H,1-2,11-12H2,3-4H3/p-1/b18-14+. The Morgan fingerprint density at radius 1 is 1.07 bits per heavy atom. The lowest BCUT2D eigenvalue weighted by atomic mass is 9.78. The molecule has 0 aliphatic carbocycles. The molecule has 0 amide bonds. The zero-order valence-corrected chi connectivity index (χ0v) is 16.5. The van der Waals surface area contributed by atoms with Crippen LogP contribution in [0.25, 0.3) is 0 Å². The van der Waals surface area contributed by atoms with Gasteiger partial charge >= 0.3 is 11.9 Å². The number of benzene rings is 1. The summed E-state index contributed by atoms with van der Waals surface area (Å²) in [4.78, 5) is 37.5. The quantitative estimate of drug-likeness (QED) is 0.195. The number of Topliss-reactive ketones (excluding diaryl/α,β-unsaturated/α-hetero) is 1. The summed E-state index contributed by atoms with van der Waals surface area (Å²) in [5, 5.41) is 12.7. The maximum Gasteiger partial charge on any atom is 0.334 e. The molecule has 6 nitrogen and oxygen atoms in total. The molecule has 2 atom stereocenters. The van der Waals surface area contributed by atoms with E-state index in [0.29, 0.717) is 10.6 Å². The van der Waals surface area contributed by atoms with Crippen molar-refractivity contribution in [3.05, 3.63) is 71.5 Å². The highest BCUT2D eigenvalue weighted by Crippen LogP contribution is 2.36. The van der Waals surface area contributed by atoms with Crippen LogP contribution in [0.15, 0.2) is 60.9 Å². The van der Waals surface area contributed by atoms with Gasteiger partial charge in [-0.2, -0.15) is 0 Å². The molecule has 1 aromatic rings. The van der Waals surface area contributed by atoms with Crippen LogP contribution in [0.3, 0.4) is 0 Å². The van der Waals surface area contributed by atoms with Crippen molar-refractivity contribution in [1.29, 1.82) is 0 Å². The van der Waals surface area contributed by atoms with Crippen molar-refractivity contribution in [2.75, 3.05) is 13.2 Å². The van der Waals surface area contributed by atoms with E-state index in [4.69, 9.17) is 21.1 Å². The topological polar surface area (TPSA) is 92.7 Å². The maximum absolute atomic E-state index is 12.6. The van der Waals surface area contributed by atoms with Gasteiger partial charge in [-0.1, -0.05) is 56.0 Å². The number of halogens is 1. The van der Waals surface area contributed by atoms with Gasteiger partial charge in [0, 0.05) is 16.5 Å². The normalized spacial score (nSPS) is 13.5. The van der Waals surface area contributed by atoms with E-state index in [9.17, 15) is 19.5 Å². The molecule has 7 heteroatoms. The summed E-state index contributed by atoms with van der Waals surface area (Å²) < 4.78 is 10.0. The highest BCUT2D eigenvalue weighted by Gasteiger charge is 2.39. The second-order valence-corrected chi connectivity index (χ2v) is 6.33. The number of ketones is 1. The Hall–Kier alpha value is -2.86. The van der Waals surface area contributed by atoms with E-state index in [1.807, 2.05) is 0 Å². The lowest BCUT2D eigenvalue weighted by Crippen LogP contribution is -2.35. The second kappa shape index (κ2) is 11.1. The van der Waals surface area contributed by atoms with Crippen LogP contribution in [0.1, 0.15) is 25.3 Å². The molecule has 150 valence electrons. The summed E-state index contributed by atoms with van der Waals surface area (Å²) in [7, 11) is 0. The van der Waals surface area contributed by atoms with Crippen LogP contribution >= 0.6 is 11.6 Å². The summed E-state index contributed by atoms with van der Waals surface area (Å²) in [5.74, 6) is -5.61. The van der Waals surface area contributed by atoms with Gasteiger partial charge in [-0.15, -0.1) is 5.76 Å². The van der Waals surface area contributed by atoms with Crippen molar-refractivity contribution < 1.29 is 29.0 Å². The Bertz CT molecular complexity index is 775. The smallest absolute Gasteiger partial charge is 0.334 e. The molecule has 2 unspecified atom stereocenters. The molecule has 1 rings (SSSR count). The SMILES string of the molecule is C=CCOC(=O)/C(=C(\C)[O-])C(c1ccc(Cl)cc1)C(C(C)=O)C(=O)OCC=C. The van der Waals surface area contributed by atoms with E-state index in [-0.39, 0.29) is 18.8 Å². The number of ether oxygens (including phenoxy) is 2. The predicted molar refractivity (Wildman–Crippen MR) is 103 cm³/mol. The molecule has 0 heterocycles. The van der Waals surface area contributed by atoms with Gasteiger partial charge in [0.25, 0.3) is 0 Å². The van der Waals surface area contributed by atoms with E-state index in [1.165, 1.54) is 50.3 Å². The number of rotatable bonds is 10. The van der Waals surface area contributed by atoms with Crippen molar-refractivity contribution in [2.24, 2.45) is 5.92 Å². The zero-order valence-electron chi connectivity index (χ0n) is 15.8. The third-order valence-electron chi connectivity index (χ3n) is 3.84. The Balaban J connectivity index is 3.58. The van der Waals surface area contributed by atoms with Gasteiger partial charge in [0.2, 0.25) is 0 Å². The molecule has 0 bridgehead atoms. The van der Waals surface area contributed by atoms with Gasteiger partial charge in [0.05, 0.1) is 0 Å². The molecule has 0 saturated carbocycles. The van der Waals surface area contributed by atoms with Gasteiger partial charge in [-0.05, 0) is 24.6 Å². The third kappa shape index (κ3) is 6.09.